The summed E-state index contributed by atoms with van der Waals surface area (Å²) < 4.78 is 10.8. The van der Waals surface area contributed by atoms with Crippen molar-refractivity contribution in [2.75, 3.05) is 39.5 Å². The quantitative estimate of drug-likeness (QED) is 0.683. The van der Waals surface area contributed by atoms with E-state index in [1.54, 1.807) is 4.90 Å². The van der Waals surface area contributed by atoms with Crippen molar-refractivity contribution in [3.8, 4) is 0 Å². The molecule has 1 unspecified atom stereocenters. The number of nitrogens with one attached hydrogen (secondary N) is 1. The second kappa shape index (κ2) is 8.21. The Labute approximate surface area is 119 Å². The Balaban J connectivity index is 1.48. The first-order valence-corrected chi connectivity index (χ1v) is 7.49. The highest BCUT2D eigenvalue weighted by Crippen LogP contribution is 2.11. The van der Waals surface area contributed by atoms with E-state index < -0.39 is 0 Å². The molecule has 1 N–H and O–H groups in total. The van der Waals surface area contributed by atoms with E-state index in [2.05, 4.69) is 5.32 Å². The summed E-state index contributed by atoms with van der Waals surface area (Å²) in [7, 11) is 0. The highest BCUT2D eigenvalue weighted by atomic mass is 16.5. The van der Waals surface area contributed by atoms with Crippen LogP contribution in [0.3, 0.4) is 0 Å². The Morgan fingerprint density at radius 1 is 1.25 bits per heavy atom. The third-order valence-corrected chi connectivity index (χ3v) is 3.70. The van der Waals surface area contributed by atoms with Crippen molar-refractivity contribution >= 4 is 11.8 Å². The number of rotatable bonds is 7. The van der Waals surface area contributed by atoms with E-state index in [0.29, 0.717) is 19.6 Å². The van der Waals surface area contributed by atoms with Gasteiger partial charge in [0.2, 0.25) is 11.8 Å². The number of amides is 2. The van der Waals surface area contributed by atoms with Crippen molar-refractivity contribution in [3.63, 3.8) is 0 Å². The highest BCUT2D eigenvalue weighted by Gasteiger charge is 2.18. The SMILES string of the molecule is O=C(CCOCC1CCCO1)NCC(=O)N1CCCC1. The van der Waals surface area contributed by atoms with E-state index in [9.17, 15) is 9.59 Å². The zero-order valence-electron chi connectivity index (χ0n) is 11.9. The molecule has 6 heteroatoms. The number of likely N-dealkylation sites (tertiary alicyclic amines) is 1. The summed E-state index contributed by atoms with van der Waals surface area (Å²) in [5.41, 5.74) is 0. The van der Waals surface area contributed by atoms with E-state index in [1.807, 2.05) is 0 Å². The van der Waals surface area contributed by atoms with Gasteiger partial charge in [0.15, 0.2) is 0 Å². The number of carbonyl (C=O) groups is 2. The van der Waals surface area contributed by atoms with Crippen LogP contribution in [0.25, 0.3) is 0 Å². The summed E-state index contributed by atoms with van der Waals surface area (Å²) in [6.45, 7) is 3.49. The number of ether oxygens (including phenoxy) is 2. The van der Waals surface area contributed by atoms with Crippen LogP contribution >= 0.6 is 0 Å². The Bertz CT molecular complexity index is 323. The Hall–Kier alpha value is -1.14. The zero-order valence-corrected chi connectivity index (χ0v) is 11.9. The lowest BCUT2D eigenvalue weighted by Gasteiger charge is -2.15. The van der Waals surface area contributed by atoms with Crippen LogP contribution in [-0.4, -0.2) is 62.3 Å². The lowest BCUT2D eigenvalue weighted by Crippen LogP contribution is -2.38. The van der Waals surface area contributed by atoms with Gasteiger partial charge in [0.25, 0.3) is 0 Å². The maximum Gasteiger partial charge on any atom is 0.241 e. The van der Waals surface area contributed by atoms with Crippen molar-refractivity contribution in [1.29, 1.82) is 0 Å². The van der Waals surface area contributed by atoms with Crippen molar-refractivity contribution in [2.45, 2.75) is 38.2 Å². The first-order chi connectivity index (χ1) is 9.75. The van der Waals surface area contributed by atoms with Crippen LogP contribution in [0, 0.1) is 0 Å². The minimum Gasteiger partial charge on any atom is -0.378 e. The molecule has 0 bridgehead atoms. The molecule has 0 aliphatic carbocycles. The summed E-state index contributed by atoms with van der Waals surface area (Å²) in [4.78, 5) is 25.1. The molecule has 0 aromatic rings. The van der Waals surface area contributed by atoms with E-state index >= 15 is 0 Å². The Kier molecular flexibility index (Phi) is 6.26. The van der Waals surface area contributed by atoms with E-state index in [-0.39, 0.29) is 24.5 Å². The van der Waals surface area contributed by atoms with Crippen molar-refractivity contribution < 1.29 is 19.1 Å². The van der Waals surface area contributed by atoms with Crippen LogP contribution in [0.2, 0.25) is 0 Å². The van der Waals surface area contributed by atoms with Gasteiger partial charge in [-0.05, 0) is 25.7 Å². The van der Waals surface area contributed by atoms with Crippen LogP contribution in [-0.2, 0) is 19.1 Å². The molecule has 0 radical (unpaired) electrons. The van der Waals surface area contributed by atoms with Crippen LogP contribution < -0.4 is 5.32 Å². The van der Waals surface area contributed by atoms with Gasteiger partial charge in [-0.2, -0.15) is 0 Å². The van der Waals surface area contributed by atoms with Gasteiger partial charge in [0.1, 0.15) is 0 Å². The molecule has 6 nitrogen and oxygen atoms in total. The minimum absolute atomic E-state index is 0.0103. The standard InChI is InChI=1S/C14H24N2O4/c17-13(5-9-19-11-12-4-3-8-20-12)15-10-14(18)16-6-1-2-7-16/h12H,1-11H2,(H,15,17). The van der Waals surface area contributed by atoms with Gasteiger partial charge in [0.05, 0.1) is 25.9 Å². The van der Waals surface area contributed by atoms with Crippen LogP contribution in [0.5, 0.6) is 0 Å². The summed E-state index contributed by atoms with van der Waals surface area (Å²) in [6.07, 6.45) is 4.74. The lowest BCUT2D eigenvalue weighted by molar-refractivity contribution is -0.132. The molecule has 2 amide bonds. The van der Waals surface area contributed by atoms with Crippen molar-refractivity contribution in [3.05, 3.63) is 0 Å². The molecule has 0 aromatic carbocycles. The molecule has 2 heterocycles. The fraction of sp³-hybridized carbons (Fsp3) is 0.857. The number of nitrogens with zero attached hydrogens (tertiary/aromatic N) is 1. The van der Waals surface area contributed by atoms with E-state index in [1.165, 1.54) is 0 Å². The first-order valence-electron chi connectivity index (χ1n) is 7.49. The topological polar surface area (TPSA) is 67.9 Å². The first kappa shape index (κ1) is 15.3. The van der Waals surface area contributed by atoms with Gasteiger partial charge in [-0.15, -0.1) is 0 Å². The normalized spacial score (nSPS) is 22.2. The molecule has 2 aliphatic heterocycles. The molecule has 2 saturated heterocycles. The summed E-state index contributed by atoms with van der Waals surface area (Å²) >= 11 is 0. The fourth-order valence-electron chi connectivity index (χ4n) is 2.50. The third kappa shape index (κ3) is 5.09. The highest BCUT2D eigenvalue weighted by molar-refractivity contribution is 5.84. The number of hydrogen-bond donors (Lipinski definition) is 1. The van der Waals surface area contributed by atoms with Gasteiger partial charge < -0.3 is 19.7 Å². The molecule has 0 aromatic heterocycles. The predicted molar refractivity (Wildman–Crippen MR) is 73.2 cm³/mol. The maximum absolute atomic E-state index is 11.7. The van der Waals surface area contributed by atoms with E-state index in [4.69, 9.17) is 9.47 Å². The molecule has 2 fully saturated rings. The van der Waals surface area contributed by atoms with Gasteiger partial charge in [-0.25, -0.2) is 0 Å². The summed E-state index contributed by atoms with van der Waals surface area (Å²) in [6, 6.07) is 0. The van der Waals surface area contributed by atoms with E-state index in [0.717, 1.165) is 45.4 Å². The van der Waals surface area contributed by atoms with Gasteiger partial charge in [-0.1, -0.05) is 0 Å². The summed E-state index contributed by atoms with van der Waals surface area (Å²) in [5, 5.41) is 2.65. The molecule has 2 rings (SSSR count). The Morgan fingerprint density at radius 2 is 2.05 bits per heavy atom. The summed E-state index contributed by atoms with van der Waals surface area (Å²) in [5.74, 6) is -0.124. The monoisotopic (exact) mass is 284 g/mol. The minimum atomic E-state index is -0.134. The van der Waals surface area contributed by atoms with Gasteiger partial charge in [-0.3, -0.25) is 9.59 Å². The lowest BCUT2D eigenvalue weighted by atomic mass is 10.2. The van der Waals surface area contributed by atoms with Gasteiger partial charge in [0, 0.05) is 26.1 Å². The molecule has 1 atom stereocenters. The zero-order chi connectivity index (χ0) is 14.2. The molecular formula is C14H24N2O4. The van der Waals surface area contributed by atoms with Crippen LogP contribution in [0.4, 0.5) is 0 Å². The van der Waals surface area contributed by atoms with Gasteiger partial charge >= 0.3 is 0 Å². The third-order valence-electron chi connectivity index (χ3n) is 3.70. The average molecular weight is 284 g/mol. The maximum atomic E-state index is 11.7. The smallest absolute Gasteiger partial charge is 0.241 e. The van der Waals surface area contributed by atoms with Crippen LogP contribution in [0.15, 0.2) is 0 Å². The molecule has 20 heavy (non-hydrogen) atoms. The fourth-order valence-corrected chi connectivity index (χ4v) is 2.50. The average Bonchev–Trinajstić information content (AvgIpc) is 3.13. The Morgan fingerprint density at radius 3 is 2.75 bits per heavy atom. The largest absolute Gasteiger partial charge is 0.378 e. The van der Waals surface area contributed by atoms with Crippen molar-refractivity contribution in [2.24, 2.45) is 0 Å². The molecule has 114 valence electrons. The molecular weight excluding hydrogens is 260 g/mol. The number of hydrogen-bond acceptors (Lipinski definition) is 4. The molecule has 0 spiro atoms. The molecule has 0 saturated carbocycles. The van der Waals surface area contributed by atoms with Crippen LogP contribution in [0.1, 0.15) is 32.1 Å². The predicted octanol–water partition coefficient (Wildman–Crippen LogP) is 0.311. The second-order valence-electron chi connectivity index (χ2n) is 5.32. The van der Waals surface area contributed by atoms with Crippen molar-refractivity contribution in [1.82, 2.24) is 10.2 Å². The second-order valence-corrected chi connectivity index (χ2v) is 5.32. The molecule has 2 aliphatic rings. The number of carbonyl (C=O) groups excluding carboxylic acids is 2.